The summed E-state index contributed by atoms with van der Waals surface area (Å²) in [6.07, 6.45) is 0.751. The largest absolute Gasteiger partial charge is 0.481 e. The number of rotatable bonds is 6. The van der Waals surface area contributed by atoms with Crippen LogP contribution in [0.5, 0.6) is 0 Å². The fraction of sp³-hybridized carbons (Fsp3) is 0.786. The highest BCUT2D eigenvalue weighted by molar-refractivity contribution is 5.88. The molecule has 9 nitrogen and oxygen atoms in total. The van der Waals surface area contributed by atoms with Crippen molar-refractivity contribution in [1.29, 1.82) is 0 Å². The molecule has 1 aliphatic heterocycles. The highest BCUT2D eigenvalue weighted by Crippen LogP contribution is 2.35. The molecule has 2 aliphatic rings. The van der Waals surface area contributed by atoms with Crippen molar-refractivity contribution in [2.75, 3.05) is 13.1 Å². The number of nitrogens with zero attached hydrogens (tertiary/aromatic N) is 1. The number of nitrogens with one attached hydrogen (secondary N) is 2. The van der Waals surface area contributed by atoms with Crippen LogP contribution in [0.1, 0.15) is 26.2 Å². The Labute approximate surface area is 134 Å². The van der Waals surface area contributed by atoms with Crippen LogP contribution in [-0.4, -0.2) is 59.3 Å². The molecule has 0 bridgehead atoms. The Hall–Kier alpha value is -1.71. The maximum atomic E-state index is 12.6. The van der Waals surface area contributed by atoms with Crippen LogP contribution in [0, 0.1) is 11.8 Å². The van der Waals surface area contributed by atoms with Crippen molar-refractivity contribution in [3.05, 3.63) is 0 Å². The van der Waals surface area contributed by atoms with Crippen LogP contribution >= 0.6 is 0 Å². The number of carboxylic acid groups (broad SMARTS) is 1. The summed E-state index contributed by atoms with van der Waals surface area (Å²) >= 11 is 0. The third kappa shape index (κ3) is 4.18. The highest BCUT2D eigenvalue weighted by atomic mass is 16.4. The average molecular weight is 327 g/mol. The predicted octanol–water partition coefficient (Wildman–Crippen LogP) is -2.01. The SMILES string of the molecule is CC(=O)NC(C(=O)N1CCC1)C1CC(C(=O)O)CC1NC(N)N. The van der Waals surface area contributed by atoms with Crippen molar-refractivity contribution >= 4 is 17.8 Å². The smallest absolute Gasteiger partial charge is 0.306 e. The van der Waals surface area contributed by atoms with Gasteiger partial charge in [0.1, 0.15) is 12.3 Å². The zero-order valence-corrected chi connectivity index (χ0v) is 13.2. The van der Waals surface area contributed by atoms with E-state index in [0.29, 0.717) is 25.9 Å². The summed E-state index contributed by atoms with van der Waals surface area (Å²) in [5.41, 5.74) is 11.1. The second-order valence-electron chi connectivity index (χ2n) is 6.33. The van der Waals surface area contributed by atoms with Gasteiger partial charge >= 0.3 is 5.97 Å². The van der Waals surface area contributed by atoms with E-state index in [1.807, 2.05) is 0 Å². The number of aliphatic carboxylic acids is 1. The standard InChI is InChI=1S/C14H25N5O4/c1-7(20)17-11(12(21)19-3-2-4-19)9-5-8(13(22)23)6-10(9)18-14(15)16/h8-11,14,18H,2-6,15-16H2,1H3,(H,17,20)(H,22,23). The Morgan fingerprint density at radius 3 is 2.30 bits per heavy atom. The van der Waals surface area contributed by atoms with Crippen molar-refractivity contribution in [3.63, 3.8) is 0 Å². The molecule has 2 rings (SSSR count). The van der Waals surface area contributed by atoms with Gasteiger partial charge in [-0.1, -0.05) is 0 Å². The lowest BCUT2D eigenvalue weighted by Crippen LogP contribution is -2.60. The number of carbonyl (C=O) groups is 3. The van der Waals surface area contributed by atoms with Crippen LogP contribution in [0.3, 0.4) is 0 Å². The summed E-state index contributed by atoms with van der Waals surface area (Å²) in [6, 6.07) is -1.09. The fourth-order valence-electron chi connectivity index (χ4n) is 3.38. The van der Waals surface area contributed by atoms with E-state index in [2.05, 4.69) is 10.6 Å². The van der Waals surface area contributed by atoms with Crippen molar-refractivity contribution in [2.45, 2.75) is 44.6 Å². The highest BCUT2D eigenvalue weighted by Gasteiger charge is 2.46. The molecule has 23 heavy (non-hydrogen) atoms. The average Bonchev–Trinajstić information content (AvgIpc) is 2.76. The number of nitrogens with two attached hydrogens (primary N) is 2. The number of carboxylic acids is 1. The quantitative estimate of drug-likeness (QED) is 0.354. The first kappa shape index (κ1) is 17.6. The Morgan fingerprint density at radius 1 is 1.22 bits per heavy atom. The van der Waals surface area contributed by atoms with Gasteiger partial charge in [-0.05, 0) is 19.3 Å². The molecule has 1 aliphatic carbocycles. The number of amides is 2. The van der Waals surface area contributed by atoms with E-state index in [1.165, 1.54) is 6.92 Å². The second kappa shape index (κ2) is 7.24. The Kier molecular flexibility index (Phi) is 5.55. The molecule has 0 aromatic heterocycles. The Balaban J connectivity index is 2.19. The zero-order chi connectivity index (χ0) is 17.1. The molecule has 1 heterocycles. The van der Waals surface area contributed by atoms with Gasteiger partial charge in [0.2, 0.25) is 11.8 Å². The van der Waals surface area contributed by atoms with Gasteiger partial charge in [-0.25, -0.2) is 0 Å². The first-order valence-electron chi connectivity index (χ1n) is 7.85. The van der Waals surface area contributed by atoms with Gasteiger partial charge in [0.05, 0.1) is 5.92 Å². The van der Waals surface area contributed by atoms with Crippen LogP contribution in [-0.2, 0) is 14.4 Å². The van der Waals surface area contributed by atoms with E-state index >= 15 is 0 Å². The lowest BCUT2D eigenvalue weighted by Gasteiger charge is -2.37. The van der Waals surface area contributed by atoms with Gasteiger partial charge in [0, 0.05) is 32.0 Å². The van der Waals surface area contributed by atoms with E-state index in [1.54, 1.807) is 4.90 Å². The molecular formula is C14H25N5O4. The van der Waals surface area contributed by atoms with Crippen LogP contribution < -0.4 is 22.1 Å². The molecule has 2 amide bonds. The molecule has 1 saturated heterocycles. The van der Waals surface area contributed by atoms with Crippen LogP contribution in [0.2, 0.25) is 0 Å². The van der Waals surface area contributed by atoms with Crippen molar-refractivity contribution in [2.24, 2.45) is 23.3 Å². The molecule has 7 N–H and O–H groups in total. The molecule has 2 fully saturated rings. The molecule has 0 aromatic carbocycles. The summed E-state index contributed by atoms with van der Waals surface area (Å²) in [5, 5.41) is 14.9. The molecular weight excluding hydrogens is 302 g/mol. The first-order chi connectivity index (χ1) is 10.8. The van der Waals surface area contributed by atoms with Crippen LogP contribution in [0.15, 0.2) is 0 Å². The maximum absolute atomic E-state index is 12.6. The monoisotopic (exact) mass is 327 g/mol. The molecule has 4 unspecified atom stereocenters. The number of carbonyl (C=O) groups excluding carboxylic acids is 2. The fourth-order valence-corrected chi connectivity index (χ4v) is 3.38. The third-order valence-electron chi connectivity index (χ3n) is 4.59. The summed E-state index contributed by atoms with van der Waals surface area (Å²) in [7, 11) is 0. The van der Waals surface area contributed by atoms with E-state index < -0.39 is 24.2 Å². The minimum Gasteiger partial charge on any atom is -0.481 e. The summed E-state index contributed by atoms with van der Waals surface area (Å²) in [5.74, 6) is -2.35. The molecule has 130 valence electrons. The Morgan fingerprint density at radius 2 is 1.87 bits per heavy atom. The summed E-state index contributed by atoms with van der Waals surface area (Å²) in [4.78, 5) is 37.1. The predicted molar refractivity (Wildman–Crippen MR) is 81.7 cm³/mol. The lowest BCUT2D eigenvalue weighted by molar-refractivity contribution is -0.143. The first-order valence-corrected chi connectivity index (χ1v) is 7.85. The van der Waals surface area contributed by atoms with Gasteiger partial charge in [0.15, 0.2) is 0 Å². The number of likely N-dealkylation sites (tertiary alicyclic amines) is 1. The molecule has 4 atom stereocenters. The van der Waals surface area contributed by atoms with E-state index in [4.69, 9.17) is 11.5 Å². The van der Waals surface area contributed by atoms with Crippen LogP contribution in [0.4, 0.5) is 0 Å². The van der Waals surface area contributed by atoms with E-state index in [-0.39, 0.29) is 23.8 Å². The molecule has 9 heteroatoms. The molecule has 0 radical (unpaired) electrons. The van der Waals surface area contributed by atoms with Crippen LogP contribution in [0.25, 0.3) is 0 Å². The number of hydrogen-bond acceptors (Lipinski definition) is 6. The topological polar surface area (TPSA) is 151 Å². The normalized spacial score (nSPS) is 28.3. The van der Waals surface area contributed by atoms with E-state index in [0.717, 1.165) is 6.42 Å². The van der Waals surface area contributed by atoms with Crippen molar-refractivity contribution in [3.8, 4) is 0 Å². The summed E-state index contributed by atoms with van der Waals surface area (Å²) < 4.78 is 0. The Bertz CT molecular complexity index is 480. The van der Waals surface area contributed by atoms with Gasteiger partial charge in [-0.15, -0.1) is 0 Å². The number of hydrogen-bond donors (Lipinski definition) is 5. The second-order valence-corrected chi connectivity index (χ2v) is 6.33. The van der Waals surface area contributed by atoms with E-state index in [9.17, 15) is 19.5 Å². The molecule has 0 spiro atoms. The molecule has 0 aromatic rings. The van der Waals surface area contributed by atoms with Crippen molar-refractivity contribution < 1.29 is 19.5 Å². The zero-order valence-electron chi connectivity index (χ0n) is 13.2. The maximum Gasteiger partial charge on any atom is 0.306 e. The van der Waals surface area contributed by atoms with Gasteiger partial charge in [-0.3, -0.25) is 19.7 Å². The van der Waals surface area contributed by atoms with Gasteiger partial charge < -0.3 is 26.8 Å². The van der Waals surface area contributed by atoms with Gasteiger partial charge in [-0.2, -0.15) is 0 Å². The van der Waals surface area contributed by atoms with Crippen molar-refractivity contribution in [1.82, 2.24) is 15.5 Å². The molecule has 1 saturated carbocycles. The minimum absolute atomic E-state index is 0.167. The lowest BCUT2D eigenvalue weighted by atomic mass is 9.91. The van der Waals surface area contributed by atoms with Gasteiger partial charge in [0.25, 0.3) is 0 Å². The third-order valence-corrected chi connectivity index (χ3v) is 4.59. The minimum atomic E-state index is -0.914. The summed E-state index contributed by atoms with van der Waals surface area (Å²) in [6.45, 7) is 2.67.